The Hall–Kier alpha value is -1.72. The maximum absolute atomic E-state index is 13.7. The molecule has 1 atom stereocenters. The Balaban J connectivity index is 1.61. The molecule has 2 N–H and O–H groups in total. The summed E-state index contributed by atoms with van der Waals surface area (Å²) in [6.45, 7) is 2.11. The molecule has 1 amide bonds. The van der Waals surface area contributed by atoms with Crippen LogP contribution in [0.5, 0.6) is 0 Å². The molecule has 5 heteroatoms. The highest BCUT2D eigenvalue weighted by molar-refractivity contribution is 9.10. The van der Waals surface area contributed by atoms with Crippen molar-refractivity contribution in [2.75, 3.05) is 18.4 Å². The number of amides is 1. The SMILES string of the molecule is O=C(C[NH+]1CCc2ccccc2C1)Nc1ccc(Br)cc1F. The highest BCUT2D eigenvalue weighted by Gasteiger charge is 2.21. The van der Waals surface area contributed by atoms with E-state index in [-0.39, 0.29) is 11.6 Å². The van der Waals surface area contributed by atoms with Crippen molar-refractivity contribution in [3.63, 3.8) is 0 Å². The van der Waals surface area contributed by atoms with Crippen LogP contribution in [0.2, 0.25) is 0 Å². The first-order chi connectivity index (χ1) is 10.6. The summed E-state index contributed by atoms with van der Waals surface area (Å²) >= 11 is 3.20. The third kappa shape index (κ3) is 3.54. The van der Waals surface area contributed by atoms with Crippen LogP contribution in [0, 0.1) is 5.82 Å². The van der Waals surface area contributed by atoms with Gasteiger partial charge in [0.1, 0.15) is 12.4 Å². The number of fused-ring (bicyclic) bond motifs is 1. The molecule has 114 valence electrons. The normalized spacial score (nSPS) is 16.9. The van der Waals surface area contributed by atoms with Crippen molar-refractivity contribution in [1.82, 2.24) is 0 Å². The lowest BCUT2D eigenvalue weighted by atomic mass is 10.00. The molecule has 1 aliphatic rings. The summed E-state index contributed by atoms with van der Waals surface area (Å²) in [6.07, 6.45) is 0.978. The van der Waals surface area contributed by atoms with Crippen molar-refractivity contribution < 1.29 is 14.1 Å². The number of carbonyl (C=O) groups is 1. The third-order valence-corrected chi connectivity index (χ3v) is 4.42. The van der Waals surface area contributed by atoms with Crippen LogP contribution in [0.4, 0.5) is 10.1 Å². The first-order valence-corrected chi connectivity index (χ1v) is 8.06. The molecule has 0 saturated heterocycles. The quantitative estimate of drug-likeness (QED) is 0.860. The topological polar surface area (TPSA) is 33.5 Å². The van der Waals surface area contributed by atoms with E-state index in [0.29, 0.717) is 11.0 Å². The van der Waals surface area contributed by atoms with E-state index in [1.807, 2.05) is 12.1 Å². The number of halogens is 2. The summed E-state index contributed by atoms with van der Waals surface area (Å²) in [4.78, 5) is 13.3. The highest BCUT2D eigenvalue weighted by atomic mass is 79.9. The van der Waals surface area contributed by atoms with Gasteiger partial charge in [0.15, 0.2) is 6.54 Å². The number of benzene rings is 2. The molecule has 2 aromatic carbocycles. The predicted molar refractivity (Wildman–Crippen MR) is 87.3 cm³/mol. The molecule has 0 spiro atoms. The molecular formula is C17H17BrFN2O+. The molecule has 0 aromatic heterocycles. The van der Waals surface area contributed by atoms with E-state index in [4.69, 9.17) is 0 Å². The van der Waals surface area contributed by atoms with Crippen molar-refractivity contribution in [2.45, 2.75) is 13.0 Å². The molecule has 0 fully saturated rings. The van der Waals surface area contributed by atoms with Crippen molar-refractivity contribution in [2.24, 2.45) is 0 Å². The molecule has 0 saturated carbocycles. The molecule has 0 radical (unpaired) electrons. The van der Waals surface area contributed by atoms with Crippen molar-refractivity contribution >= 4 is 27.5 Å². The number of hydrogen-bond donors (Lipinski definition) is 2. The van der Waals surface area contributed by atoms with E-state index in [2.05, 4.69) is 33.4 Å². The molecule has 1 unspecified atom stereocenters. The van der Waals surface area contributed by atoms with Crippen LogP contribution < -0.4 is 10.2 Å². The number of anilines is 1. The largest absolute Gasteiger partial charge is 0.323 e. The zero-order chi connectivity index (χ0) is 15.5. The number of quaternary nitrogens is 1. The van der Waals surface area contributed by atoms with Gasteiger partial charge in [0.25, 0.3) is 5.91 Å². The molecule has 3 rings (SSSR count). The number of rotatable bonds is 3. The molecule has 22 heavy (non-hydrogen) atoms. The monoisotopic (exact) mass is 363 g/mol. The fourth-order valence-electron chi connectivity index (χ4n) is 2.81. The number of carbonyl (C=O) groups excluding carboxylic acids is 1. The lowest BCUT2D eigenvalue weighted by Gasteiger charge is -2.25. The van der Waals surface area contributed by atoms with Crippen molar-refractivity contribution in [1.29, 1.82) is 0 Å². The van der Waals surface area contributed by atoms with E-state index in [9.17, 15) is 9.18 Å². The molecule has 0 aliphatic carbocycles. The van der Waals surface area contributed by atoms with Crippen LogP contribution in [-0.4, -0.2) is 19.0 Å². The van der Waals surface area contributed by atoms with Gasteiger partial charge in [-0.05, 0) is 23.8 Å². The Morgan fingerprint density at radius 2 is 2.00 bits per heavy atom. The Morgan fingerprint density at radius 1 is 1.23 bits per heavy atom. The Morgan fingerprint density at radius 3 is 2.77 bits per heavy atom. The lowest BCUT2D eigenvalue weighted by molar-refractivity contribution is -0.907. The van der Waals surface area contributed by atoms with Crippen LogP contribution in [-0.2, 0) is 17.8 Å². The average Bonchev–Trinajstić information content (AvgIpc) is 2.50. The molecular weight excluding hydrogens is 347 g/mol. The van der Waals surface area contributed by atoms with E-state index in [0.717, 1.165) is 19.5 Å². The Kier molecular flexibility index (Phi) is 4.55. The first-order valence-electron chi connectivity index (χ1n) is 7.27. The van der Waals surface area contributed by atoms with E-state index >= 15 is 0 Å². The summed E-state index contributed by atoms with van der Waals surface area (Å²) in [5, 5.41) is 2.65. The summed E-state index contributed by atoms with van der Waals surface area (Å²) < 4.78 is 14.4. The van der Waals surface area contributed by atoms with E-state index in [1.165, 1.54) is 22.1 Å². The summed E-state index contributed by atoms with van der Waals surface area (Å²) in [5.41, 5.74) is 2.89. The van der Waals surface area contributed by atoms with Gasteiger partial charge in [0.05, 0.1) is 12.2 Å². The Labute approximate surface area is 137 Å². The minimum atomic E-state index is -0.429. The fraction of sp³-hybridized carbons (Fsp3) is 0.235. The van der Waals surface area contributed by atoms with Gasteiger partial charge in [-0.15, -0.1) is 0 Å². The molecule has 3 nitrogen and oxygen atoms in total. The van der Waals surface area contributed by atoms with Crippen LogP contribution in [0.3, 0.4) is 0 Å². The maximum Gasteiger partial charge on any atom is 0.279 e. The zero-order valence-electron chi connectivity index (χ0n) is 12.0. The van der Waals surface area contributed by atoms with E-state index < -0.39 is 5.82 Å². The van der Waals surface area contributed by atoms with Gasteiger partial charge < -0.3 is 10.2 Å². The average molecular weight is 364 g/mol. The van der Waals surface area contributed by atoms with Crippen LogP contribution in [0.15, 0.2) is 46.9 Å². The van der Waals surface area contributed by atoms with E-state index in [1.54, 1.807) is 12.1 Å². The predicted octanol–water partition coefficient (Wildman–Crippen LogP) is 2.17. The summed E-state index contributed by atoms with van der Waals surface area (Å²) in [7, 11) is 0. The smallest absolute Gasteiger partial charge is 0.279 e. The molecule has 0 bridgehead atoms. The second-order valence-electron chi connectivity index (χ2n) is 5.54. The van der Waals surface area contributed by atoms with Gasteiger partial charge in [0.2, 0.25) is 0 Å². The Bertz CT molecular complexity index is 705. The van der Waals surface area contributed by atoms with Gasteiger partial charge in [-0.2, -0.15) is 0 Å². The van der Waals surface area contributed by atoms with Crippen LogP contribution >= 0.6 is 15.9 Å². The minimum Gasteiger partial charge on any atom is -0.323 e. The van der Waals surface area contributed by atoms with Gasteiger partial charge in [-0.1, -0.05) is 40.2 Å². The minimum absolute atomic E-state index is 0.157. The summed E-state index contributed by atoms with van der Waals surface area (Å²) in [6, 6.07) is 13.0. The summed E-state index contributed by atoms with van der Waals surface area (Å²) in [5.74, 6) is -0.586. The van der Waals surface area contributed by atoms with Gasteiger partial charge in [-0.3, -0.25) is 4.79 Å². The van der Waals surface area contributed by atoms with Gasteiger partial charge in [-0.25, -0.2) is 4.39 Å². The zero-order valence-corrected chi connectivity index (χ0v) is 13.6. The third-order valence-electron chi connectivity index (χ3n) is 3.92. The second-order valence-corrected chi connectivity index (χ2v) is 6.46. The fourth-order valence-corrected chi connectivity index (χ4v) is 3.14. The molecule has 1 heterocycles. The van der Waals surface area contributed by atoms with Crippen LogP contribution in [0.25, 0.3) is 0 Å². The second kappa shape index (κ2) is 6.58. The number of hydrogen-bond acceptors (Lipinski definition) is 1. The maximum atomic E-state index is 13.7. The first kappa shape index (κ1) is 15.2. The molecule has 2 aromatic rings. The van der Waals surface area contributed by atoms with Gasteiger partial charge >= 0.3 is 0 Å². The van der Waals surface area contributed by atoms with Crippen LogP contribution in [0.1, 0.15) is 11.1 Å². The van der Waals surface area contributed by atoms with Crippen molar-refractivity contribution in [3.05, 3.63) is 63.9 Å². The molecule has 1 aliphatic heterocycles. The number of nitrogens with one attached hydrogen (secondary N) is 2. The van der Waals surface area contributed by atoms with Crippen molar-refractivity contribution in [3.8, 4) is 0 Å². The highest BCUT2D eigenvalue weighted by Crippen LogP contribution is 2.19. The van der Waals surface area contributed by atoms with Gasteiger partial charge in [0, 0.05) is 16.5 Å². The standard InChI is InChI=1S/C17H16BrFN2O/c18-14-5-6-16(15(19)9-14)20-17(22)11-21-8-7-12-3-1-2-4-13(12)10-21/h1-6,9H,7-8,10-11H2,(H,20,22)/p+1. The lowest BCUT2D eigenvalue weighted by Crippen LogP contribution is -3.12.